The fourth-order valence-electron chi connectivity index (χ4n) is 1.53. The predicted molar refractivity (Wildman–Crippen MR) is 78.5 cm³/mol. The molecule has 0 saturated heterocycles. The second-order valence-electron chi connectivity index (χ2n) is 3.90. The van der Waals surface area contributed by atoms with E-state index in [1.807, 2.05) is 30.3 Å². The zero-order valence-corrected chi connectivity index (χ0v) is 12.0. The minimum Gasteiger partial charge on any atom is -0.492 e. The summed E-state index contributed by atoms with van der Waals surface area (Å²) >= 11 is 11.6. The zero-order chi connectivity index (χ0) is 14.4. The minimum atomic E-state index is -0.309. The number of benzene rings is 1. The third kappa shape index (κ3) is 4.11. The number of nitrogens with zero attached hydrogens (tertiary/aromatic N) is 1. The van der Waals surface area contributed by atoms with E-state index in [0.29, 0.717) is 18.7 Å². The first-order chi connectivity index (χ1) is 9.66. The van der Waals surface area contributed by atoms with Gasteiger partial charge < -0.3 is 10.1 Å². The van der Waals surface area contributed by atoms with E-state index in [1.54, 1.807) is 0 Å². The topological polar surface area (TPSA) is 51.2 Å². The molecule has 6 heteroatoms. The predicted octanol–water partition coefficient (Wildman–Crippen LogP) is 3.20. The number of rotatable bonds is 5. The smallest absolute Gasteiger partial charge is 0.253 e. The van der Waals surface area contributed by atoms with E-state index in [1.165, 1.54) is 12.3 Å². The van der Waals surface area contributed by atoms with Gasteiger partial charge in [0.25, 0.3) is 5.91 Å². The SMILES string of the molecule is O=C(NCCOc1ccccc1)c1cc(Cl)ncc1Cl. The Hall–Kier alpha value is -1.78. The average molecular weight is 311 g/mol. The summed E-state index contributed by atoms with van der Waals surface area (Å²) in [6, 6.07) is 10.8. The highest BCUT2D eigenvalue weighted by atomic mass is 35.5. The van der Waals surface area contributed by atoms with Crippen molar-refractivity contribution in [3.05, 3.63) is 58.3 Å². The number of para-hydroxylation sites is 1. The van der Waals surface area contributed by atoms with Crippen LogP contribution >= 0.6 is 23.2 Å². The number of nitrogens with one attached hydrogen (secondary N) is 1. The molecule has 0 radical (unpaired) electrons. The van der Waals surface area contributed by atoms with E-state index in [2.05, 4.69) is 10.3 Å². The van der Waals surface area contributed by atoms with E-state index < -0.39 is 0 Å². The molecular weight excluding hydrogens is 299 g/mol. The van der Waals surface area contributed by atoms with Gasteiger partial charge in [-0.15, -0.1) is 0 Å². The number of carbonyl (C=O) groups excluding carboxylic acids is 1. The van der Waals surface area contributed by atoms with E-state index in [-0.39, 0.29) is 16.1 Å². The molecule has 1 heterocycles. The Bertz CT molecular complexity index is 591. The maximum atomic E-state index is 11.9. The second-order valence-corrected chi connectivity index (χ2v) is 4.70. The maximum Gasteiger partial charge on any atom is 0.253 e. The summed E-state index contributed by atoms with van der Waals surface area (Å²) in [7, 11) is 0. The molecule has 1 amide bonds. The Morgan fingerprint density at radius 2 is 2.00 bits per heavy atom. The summed E-state index contributed by atoms with van der Waals surface area (Å²) in [4.78, 5) is 15.7. The second kappa shape index (κ2) is 7.12. The van der Waals surface area contributed by atoms with Crippen LogP contribution in [0.3, 0.4) is 0 Å². The van der Waals surface area contributed by atoms with Crippen LogP contribution in [0.25, 0.3) is 0 Å². The Balaban J connectivity index is 1.82. The van der Waals surface area contributed by atoms with Crippen LogP contribution in [-0.2, 0) is 0 Å². The van der Waals surface area contributed by atoms with Crippen LogP contribution in [0.4, 0.5) is 0 Å². The fraction of sp³-hybridized carbons (Fsp3) is 0.143. The molecule has 0 aliphatic rings. The first-order valence-electron chi connectivity index (χ1n) is 5.94. The van der Waals surface area contributed by atoms with Crippen LogP contribution in [0.2, 0.25) is 10.2 Å². The summed E-state index contributed by atoms with van der Waals surface area (Å²) < 4.78 is 5.46. The summed E-state index contributed by atoms with van der Waals surface area (Å²) in [6.07, 6.45) is 1.35. The average Bonchev–Trinajstić information content (AvgIpc) is 2.47. The molecule has 104 valence electrons. The number of halogens is 2. The van der Waals surface area contributed by atoms with E-state index in [9.17, 15) is 4.79 Å². The zero-order valence-electron chi connectivity index (χ0n) is 10.5. The third-order valence-electron chi connectivity index (χ3n) is 2.47. The summed E-state index contributed by atoms with van der Waals surface area (Å²) in [5.74, 6) is 0.447. The first-order valence-corrected chi connectivity index (χ1v) is 6.69. The highest BCUT2D eigenvalue weighted by Gasteiger charge is 2.11. The van der Waals surface area contributed by atoms with Gasteiger partial charge in [-0.1, -0.05) is 41.4 Å². The molecule has 1 aromatic heterocycles. The lowest BCUT2D eigenvalue weighted by atomic mass is 10.2. The van der Waals surface area contributed by atoms with Gasteiger partial charge >= 0.3 is 0 Å². The van der Waals surface area contributed by atoms with Gasteiger partial charge in [0.05, 0.1) is 17.1 Å². The highest BCUT2D eigenvalue weighted by molar-refractivity contribution is 6.35. The molecule has 0 saturated carbocycles. The number of ether oxygens (including phenoxy) is 1. The van der Waals surface area contributed by atoms with Crippen molar-refractivity contribution in [3.63, 3.8) is 0 Å². The minimum absolute atomic E-state index is 0.222. The maximum absolute atomic E-state index is 11.9. The standard InChI is InChI=1S/C14H12Cl2N2O2/c15-12-9-18-13(16)8-11(12)14(19)17-6-7-20-10-4-2-1-3-5-10/h1-5,8-9H,6-7H2,(H,17,19). The molecule has 2 aromatic rings. The van der Waals surface area contributed by atoms with Crippen LogP contribution in [0, 0.1) is 0 Å². The lowest BCUT2D eigenvalue weighted by Crippen LogP contribution is -2.28. The van der Waals surface area contributed by atoms with E-state index in [4.69, 9.17) is 27.9 Å². The van der Waals surface area contributed by atoms with Gasteiger partial charge in [0, 0.05) is 6.20 Å². The molecule has 0 aliphatic heterocycles. The van der Waals surface area contributed by atoms with Crippen molar-refractivity contribution in [2.45, 2.75) is 0 Å². The fourth-order valence-corrected chi connectivity index (χ4v) is 1.88. The molecule has 0 unspecified atom stereocenters. The molecule has 20 heavy (non-hydrogen) atoms. The number of aromatic nitrogens is 1. The summed E-state index contributed by atoms with van der Waals surface area (Å²) in [6.45, 7) is 0.732. The first kappa shape index (κ1) is 14.6. The van der Waals surface area contributed by atoms with Crippen LogP contribution < -0.4 is 10.1 Å². The van der Waals surface area contributed by atoms with Crippen LogP contribution in [0.15, 0.2) is 42.6 Å². The molecule has 2 rings (SSSR count). The largest absolute Gasteiger partial charge is 0.492 e. The molecular formula is C14H12Cl2N2O2. The quantitative estimate of drug-likeness (QED) is 0.681. The Morgan fingerprint density at radius 1 is 1.25 bits per heavy atom. The Kier molecular flexibility index (Phi) is 5.21. The molecule has 0 fully saturated rings. The molecule has 4 nitrogen and oxygen atoms in total. The normalized spacial score (nSPS) is 10.1. The van der Waals surface area contributed by atoms with Crippen molar-refractivity contribution in [2.75, 3.05) is 13.2 Å². The summed E-state index contributed by atoms with van der Waals surface area (Å²) in [5.41, 5.74) is 0.298. The van der Waals surface area contributed by atoms with Crippen molar-refractivity contribution < 1.29 is 9.53 Å². The van der Waals surface area contributed by atoms with Gasteiger partial charge in [0.15, 0.2) is 0 Å². The van der Waals surface area contributed by atoms with Crippen molar-refractivity contribution in [1.29, 1.82) is 0 Å². The lowest BCUT2D eigenvalue weighted by molar-refractivity contribution is 0.0947. The Labute approximate surface area is 126 Å². The lowest BCUT2D eigenvalue weighted by Gasteiger charge is -2.08. The molecule has 0 aliphatic carbocycles. The van der Waals surface area contributed by atoms with E-state index in [0.717, 1.165) is 5.75 Å². The molecule has 0 atom stereocenters. The summed E-state index contributed by atoms with van der Waals surface area (Å²) in [5, 5.41) is 3.18. The van der Waals surface area contributed by atoms with Crippen molar-refractivity contribution >= 4 is 29.1 Å². The van der Waals surface area contributed by atoms with Crippen molar-refractivity contribution in [1.82, 2.24) is 10.3 Å². The van der Waals surface area contributed by atoms with Crippen LogP contribution in [-0.4, -0.2) is 24.0 Å². The van der Waals surface area contributed by atoms with Gasteiger partial charge in [-0.3, -0.25) is 4.79 Å². The number of carbonyl (C=O) groups is 1. The van der Waals surface area contributed by atoms with Gasteiger partial charge in [-0.2, -0.15) is 0 Å². The van der Waals surface area contributed by atoms with Gasteiger partial charge in [-0.05, 0) is 18.2 Å². The molecule has 1 aromatic carbocycles. The van der Waals surface area contributed by atoms with Crippen LogP contribution in [0.5, 0.6) is 5.75 Å². The third-order valence-corrected chi connectivity index (χ3v) is 2.97. The molecule has 1 N–H and O–H groups in total. The van der Waals surface area contributed by atoms with Gasteiger partial charge in [0.1, 0.15) is 17.5 Å². The number of amides is 1. The number of hydrogen-bond donors (Lipinski definition) is 1. The van der Waals surface area contributed by atoms with E-state index >= 15 is 0 Å². The monoisotopic (exact) mass is 310 g/mol. The van der Waals surface area contributed by atoms with Crippen LogP contribution in [0.1, 0.15) is 10.4 Å². The molecule has 0 bridgehead atoms. The van der Waals surface area contributed by atoms with Gasteiger partial charge in [-0.25, -0.2) is 4.98 Å². The van der Waals surface area contributed by atoms with Crippen molar-refractivity contribution in [3.8, 4) is 5.75 Å². The highest BCUT2D eigenvalue weighted by Crippen LogP contribution is 2.17. The number of pyridine rings is 1. The molecule has 0 spiro atoms. The van der Waals surface area contributed by atoms with Crippen molar-refractivity contribution in [2.24, 2.45) is 0 Å². The van der Waals surface area contributed by atoms with Gasteiger partial charge in [0.2, 0.25) is 0 Å². The number of hydrogen-bond acceptors (Lipinski definition) is 3. The Morgan fingerprint density at radius 3 is 2.75 bits per heavy atom.